The quantitative estimate of drug-likeness (QED) is 0.681. The number of allylic oxidation sites excluding steroid dienone is 1. The Balaban J connectivity index is 2.52. The minimum Gasteiger partial charge on any atom is -0.452 e. The van der Waals surface area contributed by atoms with Gasteiger partial charge in [-0.1, -0.05) is 23.2 Å². The van der Waals surface area contributed by atoms with Crippen LogP contribution < -0.4 is 5.32 Å². The van der Waals surface area contributed by atoms with Gasteiger partial charge < -0.3 is 10.1 Å². The van der Waals surface area contributed by atoms with Gasteiger partial charge in [0.25, 0.3) is 5.91 Å². The molecule has 0 heterocycles. The third-order valence-electron chi connectivity index (χ3n) is 2.15. The summed E-state index contributed by atoms with van der Waals surface area (Å²) in [6.45, 7) is 5.10. The summed E-state index contributed by atoms with van der Waals surface area (Å²) in [5.74, 6) is -0.966. The lowest BCUT2D eigenvalue weighted by Gasteiger charge is -2.08. The highest BCUT2D eigenvalue weighted by Gasteiger charge is 2.08. The molecule has 0 saturated carbocycles. The molecule has 0 atom stereocenters. The lowest BCUT2D eigenvalue weighted by atomic mass is 10.2. The number of hydrogen-bond donors (Lipinski definition) is 1. The van der Waals surface area contributed by atoms with Crippen molar-refractivity contribution in [2.45, 2.75) is 20.8 Å². The number of benzene rings is 1. The number of halogens is 1. The van der Waals surface area contributed by atoms with Crippen LogP contribution in [0.15, 0.2) is 29.8 Å². The largest absolute Gasteiger partial charge is 0.452 e. The van der Waals surface area contributed by atoms with E-state index in [4.69, 9.17) is 16.3 Å². The molecule has 0 unspecified atom stereocenters. The number of ether oxygens (including phenoxy) is 1. The molecule has 1 aromatic rings. The van der Waals surface area contributed by atoms with Crippen LogP contribution in [0.4, 0.5) is 5.69 Å². The summed E-state index contributed by atoms with van der Waals surface area (Å²) >= 11 is 5.97. The average Bonchev–Trinajstić information content (AvgIpc) is 2.29. The van der Waals surface area contributed by atoms with E-state index in [1.54, 1.807) is 26.0 Å². The molecule has 0 bridgehead atoms. The molecule has 0 radical (unpaired) electrons. The van der Waals surface area contributed by atoms with Gasteiger partial charge in [0.05, 0.1) is 10.7 Å². The smallest absolute Gasteiger partial charge is 0.331 e. The van der Waals surface area contributed by atoms with Gasteiger partial charge in [-0.3, -0.25) is 4.79 Å². The molecular weight excluding hydrogens is 266 g/mol. The molecule has 5 heteroatoms. The van der Waals surface area contributed by atoms with Gasteiger partial charge >= 0.3 is 5.97 Å². The van der Waals surface area contributed by atoms with E-state index in [9.17, 15) is 9.59 Å². The Morgan fingerprint density at radius 2 is 2.05 bits per heavy atom. The molecule has 1 aromatic carbocycles. The standard InChI is InChI=1S/C14H16ClNO3/c1-9(2)6-14(18)19-8-13(17)16-12-5-4-10(3)7-11(12)15/h4-7H,8H2,1-3H3,(H,16,17). The van der Waals surface area contributed by atoms with Crippen molar-refractivity contribution < 1.29 is 14.3 Å². The number of carbonyl (C=O) groups is 2. The Morgan fingerprint density at radius 1 is 1.37 bits per heavy atom. The molecule has 1 N–H and O–H groups in total. The number of amides is 1. The first kappa shape index (κ1) is 15.2. The first-order chi connectivity index (χ1) is 8.88. The minimum atomic E-state index is -0.537. The van der Waals surface area contributed by atoms with Crippen LogP contribution in [-0.2, 0) is 14.3 Å². The van der Waals surface area contributed by atoms with Gasteiger partial charge in [-0.15, -0.1) is 0 Å². The van der Waals surface area contributed by atoms with Gasteiger partial charge in [0.2, 0.25) is 0 Å². The van der Waals surface area contributed by atoms with E-state index in [2.05, 4.69) is 5.32 Å². The van der Waals surface area contributed by atoms with Crippen LogP contribution in [0, 0.1) is 6.92 Å². The third kappa shape index (κ3) is 5.57. The molecule has 1 rings (SSSR count). The van der Waals surface area contributed by atoms with E-state index in [0.717, 1.165) is 11.1 Å². The van der Waals surface area contributed by atoms with E-state index in [1.807, 2.05) is 13.0 Å². The summed E-state index contributed by atoms with van der Waals surface area (Å²) < 4.78 is 4.78. The number of esters is 1. The summed E-state index contributed by atoms with van der Waals surface area (Å²) in [5, 5.41) is 3.03. The van der Waals surface area contributed by atoms with Gasteiger partial charge in [-0.25, -0.2) is 4.79 Å². The zero-order valence-corrected chi connectivity index (χ0v) is 11.9. The molecule has 0 spiro atoms. The zero-order valence-electron chi connectivity index (χ0n) is 11.1. The van der Waals surface area contributed by atoms with Crippen molar-refractivity contribution in [2.75, 3.05) is 11.9 Å². The van der Waals surface area contributed by atoms with Crippen molar-refractivity contribution in [3.8, 4) is 0 Å². The van der Waals surface area contributed by atoms with Crippen LogP contribution in [0.3, 0.4) is 0 Å². The average molecular weight is 282 g/mol. The number of nitrogens with one attached hydrogen (secondary N) is 1. The molecule has 0 aromatic heterocycles. The van der Waals surface area contributed by atoms with Crippen molar-refractivity contribution in [3.05, 3.63) is 40.4 Å². The SMILES string of the molecule is CC(C)=CC(=O)OCC(=O)Nc1ccc(C)cc1Cl. The topological polar surface area (TPSA) is 55.4 Å². The number of rotatable bonds is 4. The lowest BCUT2D eigenvalue weighted by Crippen LogP contribution is -2.20. The fourth-order valence-corrected chi connectivity index (χ4v) is 1.60. The minimum absolute atomic E-state index is 0.340. The zero-order chi connectivity index (χ0) is 14.4. The van der Waals surface area contributed by atoms with Gasteiger partial charge in [-0.2, -0.15) is 0 Å². The highest BCUT2D eigenvalue weighted by atomic mass is 35.5. The second-order valence-electron chi connectivity index (χ2n) is 4.36. The maximum atomic E-state index is 11.6. The first-order valence-electron chi connectivity index (χ1n) is 5.76. The number of aryl methyl sites for hydroxylation is 1. The number of carbonyl (C=O) groups excluding carboxylic acids is 2. The van der Waals surface area contributed by atoms with Crippen LogP contribution in [0.1, 0.15) is 19.4 Å². The second-order valence-corrected chi connectivity index (χ2v) is 4.77. The highest BCUT2D eigenvalue weighted by molar-refractivity contribution is 6.33. The van der Waals surface area contributed by atoms with Crippen LogP contribution in [0.5, 0.6) is 0 Å². The molecule has 0 fully saturated rings. The van der Waals surface area contributed by atoms with E-state index >= 15 is 0 Å². The third-order valence-corrected chi connectivity index (χ3v) is 2.46. The van der Waals surface area contributed by atoms with Crippen molar-refractivity contribution in [1.82, 2.24) is 0 Å². The van der Waals surface area contributed by atoms with Crippen molar-refractivity contribution in [1.29, 1.82) is 0 Å². The Hall–Kier alpha value is -1.81. The number of hydrogen-bond acceptors (Lipinski definition) is 3. The lowest BCUT2D eigenvalue weighted by molar-refractivity contribution is -0.142. The predicted molar refractivity (Wildman–Crippen MR) is 75.2 cm³/mol. The molecule has 1 amide bonds. The van der Waals surface area contributed by atoms with Crippen LogP contribution in [0.25, 0.3) is 0 Å². The fraction of sp³-hybridized carbons (Fsp3) is 0.286. The fourth-order valence-electron chi connectivity index (χ4n) is 1.32. The molecule has 0 aliphatic rings. The molecule has 4 nitrogen and oxygen atoms in total. The van der Waals surface area contributed by atoms with E-state index in [1.165, 1.54) is 6.08 Å². The molecule has 102 valence electrons. The molecular formula is C14H16ClNO3. The Kier molecular flexibility index (Phi) is 5.57. The summed E-state index contributed by atoms with van der Waals surface area (Å²) in [4.78, 5) is 22.8. The van der Waals surface area contributed by atoms with Gasteiger partial charge in [-0.05, 0) is 38.5 Å². The van der Waals surface area contributed by atoms with Gasteiger partial charge in [0.1, 0.15) is 0 Å². The normalized spacial score (nSPS) is 9.68. The Bertz CT molecular complexity index is 519. The Morgan fingerprint density at radius 3 is 2.63 bits per heavy atom. The second kappa shape index (κ2) is 6.95. The van der Waals surface area contributed by atoms with Gasteiger partial charge in [0.15, 0.2) is 6.61 Å². The molecule has 19 heavy (non-hydrogen) atoms. The summed E-state index contributed by atoms with van der Waals surface area (Å²) in [5.41, 5.74) is 2.31. The summed E-state index contributed by atoms with van der Waals surface area (Å²) in [7, 11) is 0. The highest BCUT2D eigenvalue weighted by Crippen LogP contribution is 2.22. The maximum Gasteiger partial charge on any atom is 0.331 e. The van der Waals surface area contributed by atoms with Crippen molar-refractivity contribution >= 4 is 29.2 Å². The van der Waals surface area contributed by atoms with Crippen LogP contribution in [0.2, 0.25) is 5.02 Å². The van der Waals surface area contributed by atoms with Crippen molar-refractivity contribution in [3.63, 3.8) is 0 Å². The van der Waals surface area contributed by atoms with Crippen LogP contribution >= 0.6 is 11.6 Å². The van der Waals surface area contributed by atoms with E-state index in [0.29, 0.717) is 10.7 Å². The van der Waals surface area contributed by atoms with Crippen molar-refractivity contribution in [2.24, 2.45) is 0 Å². The monoisotopic (exact) mass is 281 g/mol. The van der Waals surface area contributed by atoms with Crippen LogP contribution in [-0.4, -0.2) is 18.5 Å². The molecule has 0 aliphatic heterocycles. The summed E-state index contributed by atoms with van der Waals surface area (Å²) in [6.07, 6.45) is 1.33. The predicted octanol–water partition coefficient (Wildman–Crippen LogP) is 3.10. The van der Waals surface area contributed by atoms with E-state index in [-0.39, 0.29) is 6.61 Å². The van der Waals surface area contributed by atoms with Gasteiger partial charge in [0, 0.05) is 6.08 Å². The summed E-state index contributed by atoms with van der Waals surface area (Å²) in [6, 6.07) is 5.27. The molecule has 0 aliphatic carbocycles. The molecule has 0 saturated heterocycles. The van der Waals surface area contributed by atoms with E-state index < -0.39 is 11.9 Å². The Labute approximate surface area is 117 Å². The maximum absolute atomic E-state index is 11.6. The first-order valence-corrected chi connectivity index (χ1v) is 6.14. The number of anilines is 1.